The predicted molar refractivity (Wildman–Crippen MR) is 49.0 cm³/mol. The monoisotopic (exact) mass is 182 g/mol. The van der Waals surface area contributed by atoms with Gasteiger partial charge >= 0.3 is 0 Å². The van der Waals surface area contributed by atoms with Crippen LogP contribution >= 0.6 is 23.2 Å². The fourth-order valence-corrected chi connectivity index (χ4v) is 1.12. The molecule has 0 rings (SSSR count). The van der Waals surface area contributed by atoms with E-state index in [1.807, 2.05) is 20.8 Å². The minimum absolute atomic E-state index is 0.122. The van der Waals surface area contributed by atoms with Crippen LogP contribution in [0.1, 0.15) is 34.1 Å². The number of hydrogen-bond acceptors (Lipinski definition) is 0. The molecule has 0 nitrogen and oxygen atoms in total. The molecule has 2 unspecified atom stereocenters. The van der Waals surface area contributed by atoms with Crippen molar-refractivity contribution in [2.75, 3.05) is 0 Å². The lowest BCUT2D eigenvalue weighted by Gasteiger charge is -2.25. The van der Waals surface area contributed by atoms with Crippen LogP contribution in [0.4, 0.5) is 0 Å². The van der Waals surface area contributed by atoms with Crippen LogP contribution in [0.2, 0.25) is 0 Å². The summed E-state index contributed by atoms with van der Waals surface area (Å²) in [5, 5.41) is 0.230. The van der Waals surface area contributed by atoms with Gasteiger partial charge in [0.25, 0.3) is 0 Å². The van der Waals surface area contributed by atoms with Crippen molar-refractivity contribution in [3.63, 3.8) is 0 Å². The maximum Gasteiger partial charge on any atom is 0.0416 e. The van der Waals surface area contributed by atoms with Gasteiger partial charge in [-0.3, -0.25) is 0 Å². The van der Waals surface area contributed by atoms with E-state index in [1.165, 1.54) is 0 Å². The SMILES string of the molecule is CC(Cl)CC(C)C(C)(C)Cl. The van der Waals surface area contributed by atoms with E-state index >= 15 is 0 Å². The molecule has 0 aromatic rings. The zero-order chi connectivity index (χ0) is 8.36. The summed E-state index contributed by atoms with van der Waals surface area (Å²) >= 11 is 11.9. The van der Waals surface area contributed by atoms with Gasteiger partial charge in [-0.15, -0.1) is 23.2 Å². The Morgan fingerprint density at radius 1 is 1.30 bits per heavy atom. The number of halogens is 2. The molecule has 0 bridgehead atoms. The second-order valence-electron chi connectivity index (χ2n) is 3.48. The van der Waals surface area contributed by atoms with Crippen molar-refractivity contribution in [1.29, 1.82) is 0 Å². The Morgan fingerprint density at radius 3 is 1.80 bits per heavy atom. The van der Waals surface area contributed by atoms with E-state index in [-0.39, 0.29) is 10.3 Å². The smallest absolute Gasteiger partial charge is 0.0416 e. The van der Waals surface area contributed by atoms with E-state index in [2.05, 4.69) is 6.92 Å². The summed E-state index contributed by atoms with van der Waals surface area (Å²) in [5.41, 5.74) is 0. The second kappa shape index (κ2) is 3.82. The van der Waals surface area contributed by atoms with Gasteiger partial charge < -0.3 is 0 Å². The Kier molecular flexibility index (Phi) is 4.05. The fourth-order valence-electron chi connectivity index (χ4n) is 0.767. The van der Waals surface area contributed by atoms with Crippen molar-refractivity contribution in [1.82, 2.24) is 0 Å². The highest BCUT2D eigenvalue weighted by Crippen LogP contribution is 2.28. The van der Waals surface area contributed by atoms with Crippen LogP contribution in [0.15, 0.2) is 0 Å². The first kappa shape index (κ1) is 10.6. The van der Waals surface area contributed by atoms with Crippen LogP contribution in [0.25, 0.3) is 0 Å². The average molecular weight is 183 g/mol. The summed E-state index contributed by atoms with van der Waals surface area (Å²) in [6.07, 6.45) is 0.984. The van der Waals surface area contributed by atoms with Gasteiger partial charge in [0.2, 0.25) is 0 Å². The summed E-state index contributed by atoms with van der Waals surface area (Å²) in [5.74, 6) is 0.474. The zero-order valence-electron chi connectivity index (χ0n) is 7.12. The highest BCUT2D eigenvalue weighted by atomic mass is 35.5. The lowest BCUT2D eigenvalue weighted by atomic mass is 9.93. The van der Waals surface area contributed by atoms with Gasteiger partial charge in [-0.25, -0.2) is 0 Å². The molecule has 0 amide bonds. The lowest BCUT2D eigenvalue weighted by molar-refractivity contribution is 0.421. The minimum Gasteiger partial charge on any atom is -0.123 e. The number of hydrogen-bond donors (Lipinski definition) is 0. The molecule has 0 aromatic heterocycles. The third-order valence-corrected chi connectivity index (χ3v) is 2.40. The molecule has 0 saturated carbocycles. The quantitative estimate of drug-likeness (QED) is 0.585. The highest BCUT2D eigenvalue weighted by Gasteiger charge is 2.23. The molecule has 0 radical (unpaired) electrons. The Bertz CT molecular complexity index is 91.9. The van der Waals surface area contributed by atoms with Crippen molar-refractivity contribution < 1.29 is 0 Å². The Hall–Kier alpha value is 0.580. The van der Waals surface area contributed by atoms with Crippen molar-refractivity contribution in [2.24, 2.45) is 5.92 Å². The molecule has 0 aliphatic rings. The maximum absolute atomic E-state index is 6.07. The molecule has 0 saturated heterocycles. The standard InChI is InChI=1S/C8H16Cl2/c1-6(5-7(2)9)8(3,4)10/h6-7H,5H2,1-4H3. The zero-order valence-corrected chi connectivity index (χ0v) is 8.63. The second-order valence-corrected chi connectivity index (χ2v) is 5.20. The first-order valence-electron chi connectivity index (χ1n) is 3.67. The average Bonchev–Trinajstić information content (AvgIpc) is 1.60. The van der Waals surface area contributed by atoms with Crippen LogP contribution < -0.4 is 0 Å². The first-order valence-corrected chi connectivity index (χ1v) is 4.48. The van der Waals surface area contributed by atoms with Gasteiger partial charge in [-0.2, -0.15) is 0 Å². The van der Waals surface area contributed by atoms with Gasteiger partial charge in [-0.1, -0.05) is 6.92 Å². The molecular weight excluding hydrogens is 167 g/mol. The van der Waals surface area contributed by atoms with E-state index in [0.717, 1.165) is 6.42 Å². The summed E-state index contributed by atoms with van der Waals surface area (Å²) in [6.45, 7) is 8.18. The fraction of sp³-hybridized carbons (Fsp3) is 1.00. The molecule has 10 heavy (non-hydrogen) atoms. The summed E-state index contributed by atoms with van der Waals surface area (Å²) < 4.78 is 0. The molecule has 0 heterocycles. The van der Waals surface area contributed by atoms with Crippen LogP contribution in [0.3, 0.4) is 0 Å². The minimum atomic E-state index is -0.122. The van der Waals surface area contributed by atoms with Crippen molar-refractivity contribution >= 4 is 23.2 Å². The maximum atomic E-state index is 6.07. The van der Waals surface area contributed by atoms with Gasteiger partial charge in [0.15, 0.2) is 0 Å². The van der Waals surface area contributed by atoms with E-state index < -0.39 is 0 Å². The number of rotatable bonds is 3. The van der Waals surface area contributed by atoms with Crippen molar-refractivity contribution in [2.45, 2.75) is 44.4 Å². The normalized spacial score (nSPS) is 18.6. The van der Waals surface area contributed by atoms with Gasteiger partial charge in [0, 0.05) is 10.3 Å². The molecule has 2 heteroatoms. The van der Waals surface area contributed by atoms with Crippen LogP contribution in [0.5, 0.6) is 0 Å². The van der Waals surface area contributed by atoms with E-state index in [0.29, 0.717) is 5.92 Å². The van der Waals surface area contributed by atoms with Gasteiger partial charge in [0.1, 0.15) is 0 Å². The summed E-state index contributed by atoms with van der Waals surface area (Å²) in [6, 6.07) is 0. The Labute approximate surface area is 73.9 Å². The molecular formula is C8H16Cl2. The topological polar surface area (TPSA) is 0 Å². The van der Waals surface area contributed by atoms with Crippen LogP contribution in [0, 0.1) is 5.92 Å². The molecule has 0 N–H and O–H groups in total. The highest BCUT2D eigenvalue weighted by molar-refractivity contribution is 6.23. The molecule has 62 valence electrons. The van der Waals surface area contributed by atoms with Gasteiger partial charge in [-0.05, 0) is 33.1 Å². The molecule has 0 spiro atoms. The third-order valence-electron chi connectivity index (χ3n) is 1.85. The van der Waals surface area contributed by atoms with Gasteiger partial charge in [0.05, 0.1) is 0 Å². The first-order chi connectivity index (χ1) is 4.34. The molecule has 0 aliphatic carbocycles. The predicted octanol–water partition coefficient (Wildman–Crippen LogP) is 3.66. The van der Waals surface area contributed by atoms with E-state index in [9.17, 15) is 0 Å². The molecule has 0 aliphatic heterocycles. The van der Waals surface area contributed by atoms with Crippen LogP contribution in [-0.4, -0.2) is 10.3 Å². The lowest BCUT2D eigenvalue weighted by Crippen LogP contribution is -2.23. The largest absolute Gasteiger partial charge is 0.123 e. The molecule has 2 atom stereocenters. The number of alkyl halides is 2. The Balaban J connectivity index is 3.73. The van der Waals surface area contributed by atoms with Crippen LogP contribution in [-0.2, 0) is 0 Å². The molecule has 0 fully saturated rings. The van der Waals surface area contributed by atoms with E-state index in [4.69, 9.17) is 23.2 Å². The molecule has 0 aromatic carbocycles. The van der Waals surface area contributed by atoms with Crippen molar-refractivity contribution in [3.8, 4) is 0 Å². The van der Waals surface area contributed by atoms with Crippen molar-refractivity contribution in [3.05, 3.63) is 0 Å². The van der Waals surface area contributed by atoms with E-state index in [1.54, 1.807) is 0 Å². The summed E-state index contributed by atoms with van der Waals surface area (Å²) in [4.78, 5) is -0.122. The third kappa shape index (κ3) is 4.40. The Morgan fingerprint density at radius 2 is 1.70 bits per heavy atom. The summed E-state index contributed by atoms with van der Waals surface area (Å²) in [7, 11) is 0.